The van der Waals surface area contributed by atoms with Crippen LogP contribution in [0.2, 0.25) is 0 Å². The largest absolute Gasteiger partial charge is 0.457 e. The molecule has 1 N–H and O–H groups in total. The van der Waals surface area contributed by atoms with Crippen LogP contribution in [0.3, 0.4) is 0 Å². The summed E-state index contributed by atoms with van der Waals surface area (Å²) in [5, 5.41) is 4.08. The molecule has 3 rings (SSSR count). The molecule has 27 heavy (non-hydrogen) atoms. The fourth-order valence-electron chi connectivity index (χ4n) is 3.28. The summed E-state index contributed by atoms with van der Waals surface area (Å²) in [4.78, 5) is 14.8. The minimum absolute atomic E-state index is 0.281. The molecule has 0 aliphatic carbocycles. The van der Waals surface area contributed by atoms with Gasteiger partial charge < -0.3 is 15.0 Å². The van der Waals surface area contributed by atoms with Crippen LogP contribution in [0.4, 0.5) is 5.69 Å². The zero-order valence-corrected chi connectivity index (χ0v) is 17.0. The second kappa shape index (κ2) is 8.53. The molecule has 0 spiro atoms. The molecule has 1 fully saturated rings. The highest BCUT2D eigenvalue weighted by atomic mass is 32.1. The average molecular weight is 383 g/mol. The van der Waals surface area contributed by atoms with E-state index in [0.29, 0.717) is 5.56 Å². The molecule has 5 heteroatoms. The summed E-state index contributed by atoms with van der Waals surface area (Å²) >= 11 is 5.51. The molecule has 0 unspecified atom stereocenters. The van der Waals surface area contributed by atoms with E-state index in [1.807, 2.05) is 57.2 Å². The molecule has 0 atom stereocenters. The highest BCUT2D eigenvalue weighted by Crippen LogP contribution is 2.23. The Bertz CT molecular complexity index is 857. The van der Waals surface area contributed by atoms with E-state index in [1.54, 1.807) is 0 Å². The number of nitrogens with zero attached hydrogens (tertiary/aromatic N) is 1. The van der Waals surface area contributed by atoms with Crippen molar-refractivity contribution in [1.82, 2.24) is 4.90 Å². The monoisotopic (exact) mass is 382 g/mol. The molecule has 1 saturated heterocycles. The molecule has 1 heterocycles. The average Bonchev–Trinajstić information content (AvgIpc) is 3.18. The van der Waals surface area contributed by atoms with E-state index in [0.717, 1.165) is 46.1 Å². The number of rotatable bonds is 4. The van der Waals surface area contributed by atoms with E-state index in [9.17, 15) is 4.79 Å². The Kier molecular flexibility index (Phi) is 6.11. The molecule has 0 saturated carbocycles. The van der Waals surface area contributed by atoms with Gasteiger partial charge in [-0.25, -0.2) is 4.79 Å². The third-order valence-electron chi connectivity index (χ3n) is 5.05. The minimum Gasteiger partial charge on any atom is -0.457 e. The lowest BCUT2D eigenvalue weighted by molar-refractivity contribution is 0.0471. The Labute approximate surface area is 166 Å². The van der Waals surface area contributed by atoms with Gasteiger partial charge in [0.1, 0.15) is 6.61 Å². The Morgan fingerprint density at radius 3 is 2.48 bits per heavy atom. The van der Waals surface area contributed by atoms with Crippen LogP contribution < -0.4 is 5.32 Å². The second-order valence-electron chi connectivity index (χ2n) is 7.11. The second-order valence-corrected chi connectivity index (χ2v) is 7.50. The van der Waals surface area contributed by atoms with Crippen LogP contribution in [0.25, 0.3) is 0 Å². The Hall–Kier alpha value is -2.40. The van der Waals surface area contributed by atoms with Gasteiger partial charge in [0, 0.05) is 18.8 Å². The Morgan fingerprint density at radius 2 is 1.78 bits per heavy atom. The van der Waals surface area contributed by atoms with Gasteiger partial charge in [-0.2, -0.15) is 0 Å². The molecule has 4 nitrogen and oxygen atoms in total. The lowest BCUT2D eigenvalue weighted by Gasteiger charge is -2.21. The Morgan fingerprint density at radius 1 is 1.07 bits per heavy atom. The SMILES string of the molecule is Cc1ccccc1COC(=O)c1cc(C)c(NC(=S)N2CCCC2)cc1C. The van der Waals surface area contributed by atoms with Crippen molar-refractivity contribution >= 4 is 29.0 Å². The number of likely N-dealkylation sites (tertiary alicyclic amines) is 1. The van der Waals surface area contributed by atoms with Crippen molar-refractivity contribution in [2.75, 3.05) is 18.4 Å². The summed E-state index contributed by atoms with van der Waals surface area (Å²) in [6.07, 6.45) is 2.37. The van der Waals surface area contributed by atoms with E-state index in [-0.39, 0.29) is 12.6 Å². The molecule has 1 aliphatic rings. The summed E-state index contributed by atoms with van der Waals surface area (Å²) in [5.74, 6) is -0.299. The van der Waals surface area contributed by atoms with Crippen molar-refractivity contribution in [3.8, 4) is 0 Å². The number of hydrogen-bond donors (Lipinski definition) is 1. The lowest BCUT2D eigenvalue weighted by atomic mass is 10.0. The first-order chi connectivity index (χ1) is 13.0. The first-order valence-electron chi connectivity index (χ1n) is 9.34. The van der Waals surface area contributed by atoms with Crippen LogP contribution >= 0.6 is 12.2 Å². The van der Waals surface area contributed by atoms with Crippen LogP contribution in [0.5, 0.6) is 0 Å². The van der Waals surface area contributed by atoms with Crippen LogP contribution in [-0.4, -0.2) is 29.1 Å². The maximum Gasteiger partial charge on any atom is 0.338 e. The van der Waals surface area contributed by atoms with Gasteiger partial charge in [0.15, 0.2) is 5.11 Å². The van der Waals surface area contributed by atoms with Crippen molar-refractivity contribution in [1.29, 1.82) is 0 Å². The number of ether oxygens (including phenoxy) is 1. The first-order valence-corrected chi connectivity index (χ1v) is 9.75. The molecular formula is C22H26N2O2S. The number of aryl methyl sites for hydroxylation is 3. The Balaban J connectivity index is 1.69. The summed E-state index contributed by atoms with van der Waals surface area (Å²) < 4.78 is 5.54. The van der Waals surface area contributed by atoms with Gasteiger partial charge in [-0.15, -0.1) is 0 Å². The van der Waals surface area contributed by atoms with Crippen LogP contribution in [0.1, 0.15) is 45.5 Å². The van der Waals surface area contributed by atoms with Gasteiger partial charge in [-0.05, 0) is 80.2 Å². The van der Waals surface area contributed by atoms with Crippen molar-refractivity contribution in [2.45, 2.75) is 40.2 Å². The van der Waals surface area contributed by atoms with E-state index < -0.39 is 0 Å². The maximum atomic E-state index is 12.6. The standard InChI is InChI=1S/C22H26N2O2S/c1-15-8-4-5-9-18(15)14-26-21(25)19-12-17(3)20(13-16(19)2)23-22(27)24-10-6-7-11-24/h4-5,8-9,12-13H,6-7,10-11,14H2,1-3H3,(H,23,27). The van der Waals surface area contributed by atoms with Gasteiger partial charge in [-0.3, -0.25) is 0 Å². The number of benzene rings is 2. The molecule has 142 valence electrons. The van der Waals surface area contributed by atoms with Crippen molar-refractivity contribution < 1.29 is 9.53 Å². The normalized spacial score (nSPS) is 13.5. The number of carbonyl (C=O) groups is 1. The zero-order valence-electron chi connectivity index (χ0n) is 16.2. The van der Waals surface area contributed by atoms with Crippen molar-refractivity contribution in [2.24, 2.45) is 0 Å². The lowest BCUT2D eigenvalue weighted by Crippen LogP contribution is -2.32. The van der Waals surface area contributed by atoms with Gasteiger partial charge in [0.05, 0.1) is 5.56 Å². The molecule has 0 amide bonds. The molecule has 2 aromatic carbocycles. The minimum atomic E-state index is -0.299. The van der Waals surface area contributed by atoms with Gasteiger partial charge in [-0.1, -0.05) is 24.3 Å². The molecule has 0 radical (unpaired) electrons. The highest BCUT2D eigenvalue weighted by Gasteiger charge is 2.17. The molecular weight excluding hydrogens is 356 g/mol. The number of nitrogens with one attached hydrogen (secondary N) is 1. The summed E-state index contributed by atoms with van der Waals surface area (Å²) in [6.45, 7) is 8.21. The van der Waals surface area contributed by atoms with E-state index >= 15 is 0 Å². The van der Waals surface area contributed by atoms with Crippen LogP contribution in [0.15, 0.2) is 36.4 Å². The molecule has 0 bridgehead atoms. The molecule has 0 aromatic heterocycles. The summed E-state index contributed by atoms with van der Waals surface area (Å²) in [5.41, 5.74) is 5.54. The number of thiocarbonyl (C=S) groups is 1. The zero-order chi connectivity index (χ0) is 19.4. The topological polar surface area (TPSA) is 41.6 Å². The predicted molar refractivity (Wildman–Crippen MR) is 113 cm³/mol. The fourth-order valence-corrected chi connectivity index (χ4v) is 3.57. The predicted octanol–water partition coefficient (Wildman–Crippen LogP) is 4.76. The third-order valence-corrected chi connectivity index (χ3v) is 5.41. The number of hydrogen-bond acceptors (Lipinski definition) is 3. The first kappa shape index (κ1) is 19.4. The summed E-state index contributed by atoms with van der Waals surface area (Å²) in [6, 6.07) is 11.8. The molecule has 1 aliphatic heterocycles. The van der Waals surface area contributed by atoms with E-state index in [4.69, 9.17) is 17.0 Å². The van der Waals surface area contributed by atoms with Crippen molar-refractivity contribution in [3.63, 3.8) is 0 Å². The fraction of sp³-hybridized carbons (Fsp3) is 0.364. The maximum absolute atomic E-state index is 12.6. The number of esters is 1. The summed E-state index contributed by atoms with van der Waals surface area (Å²) in [7, 11) is 0. The smallest absolute Gasteiger partial charge is 0.338 e. The number of carbonyl (C=O) groups excluding carboxylic acids is 1. The van der Waals surface area contributed by atoms with E-state index in [2.05, 4.69) is 10.2 Å². The van der Waals surface area contributed by atoms with Gasteiger partial charge >= 0.3 is 5.97 Å². The number of anilines is 1. The van der Waals surface area contributed by atoms with Crippen molar-refractivity contribution in [3.05, 3.63) is 64.2 Å². The third kappa shape index (κ3) is 4.66. The quantitative estimate of drug-likeness (QED) is 0.610. The van der Waals surface area contributed by atoms with Gasteiger partial charge in [0.25, 0.3) is 0 Å². The van der Waals surface area contributed by atoms with Gasteiger partial charge in [0.2, 0.25) is 0 Å². The van der Waals surface area contributed by atoms with Crippen LogP contribution in [0, 0.1) is 20.8 Å². The highest BCUT2D eigenvalue weighted by molar-refractivity contribution is 7.80. The molecule has 2 aromatic rings. The van der Waals surface area contributed by atoms with E-state index in [1.165, 1.54) is 12.8 Å². The van der Waals surface area contributed by atoms with Crippen LogP contribution in [-0.2, 0) is 11.3 Å².